The Morgan fingerprint density at radius 2 is 2.27 bits per heavy atom. The molecule has 3 unspecified atom stereocenters. The Morgan fingerprint density at radius 3 is 2.73 bits per heavy atom. The summed E-state index contributed by atoms with van der Waals surface area (Å²) in [6.07, 6.45) is 5.36. The zero-order chi connectivity index (χ0) is 8.27. The van der Waals surface area contributed by atoms with Gasteiger partial charge in [0.25, 0.3) is 0 Å². The van der Waals surface area contributed by atoms with Gasteiger partial charge in [0.2, 0.25) is 0 Å². The smallest absolute Gasteiger partial charge is 0.0763 e. The van der Waals surface area contributed by atoms with E-state index in [1.807, 2.05) is 6.08 Å². The Bertz CT molecular complexity index is 132. The average molecular weight is 156 g/mol. The SMILES string of the molecule is CC1CC(C=CCO)OC1C. The number of hydrogen-bond acceptors (Lipinski definition) is 2. The highest BCUT2D eigenvalue weighted by Crippen LogP contribution is 2.25. The van der Waals surface area contributed by atoms with Crippen LogP contribution >= 0.6 is 0 Å². The molecular formula is C9H16O2. The second-order valence-electron chi connectivity index (χ2n) is 3.20. The first kappa shape index (κ1) is 8.75. The van der Waals surface area contributed by atoms with Crippen LogP contribution in [0.2, 0.25) is 0 Å². The Labute approximate surface area is 67.9 Å². The molecule has 3 atom stereocenters. The second-order valence-corrected chi connectivity index (χ2v) is 3.20. The van der Waals surface area contributed by atoms with E-state index in [-0.39, 0.29) is 12.7 Å². The van der Waals surface area contributed by atoms with Crippen molar-refractivity contribution < 1.29 is 9.84 Å². The van der Waals surface area contributed by atoms with E-state index in [1.54, 1.807) is 6.08 Å². The predicted molar refractivity (Wildman–Crippen MR) is 44.3 cm³/mol. The maximum absolute atomic E-state index is 8.52. The van der Waals surface area contributed by atoms with E-state index in [4.69, 9.17) is 9.84 Å². The van der Waals surface area contributed by atoms with Crippen LogP contribution in [0.4, 0.5) is 0 Å². The maximum atomic E-state index is 8.52. The van der Waals surface area contributed by atoms with Gasteiger partial charge in [0.15, 0.2) is 0 Å². The van der Waals surface area contributed by atoms with Crippen molar-refractivity contribution in [1.82, 2.24) is 0 Å². The topological polar surface area (TPSA) is 29.5 Å². The summed E-state index contributed by atoms with van der Waals surface area (Å²) in [7, 11) is 0. The van der Waals surface area contributed by atoms with Gasteiger partial charge in [-0.15, -0.1) is 0 Å². The molecule has 0 aromatic heterocycles. The Kier molecular flexibility index (Phi) is 3.09. The Balaban J connectivity index is 2.35. The van der Waals surface area contributed by atoms with E-state index in [0.717, 1.165) is 6.42 Å². The van der Waals surface area contributed by atoms with Gasteiger partial charge in [-0.25, -0.2) is 0 Å². The molecule has 0 amide bonds. The molecule has 11 heavy (non-hydrogen) atoms. The van der Waals surface area contributed by atoms with Crippen LogP contribution in [0, 0.1) is 5.92 Å². The molecule has 2 nitrogen and oxygen atoms in total. The van der Waals surface area contributed by atoms with Gasteiger partial charge in [0, 0.05) is 0 Å². The molecule has 1 fully saturated rings. The lowest BCUT2D eigenvalue weighted by Crippen LogP contribution is -2.07. The molecule has 1 saturated heterocycles. The number of hydrogen-bond donors (Lipinski definition) is 1. The quantitative estimate of drug-likeness (QED) is 0.611. The van der Waals surface area contributed by atoms with Crippen molar-refractivity contribution >= 4 is 0 Å². The minimum absolute atomic E-state index is 0.114. The zero-order valence-corrected chi connectivity index (χ0v) is 7.16. The first-order valence-electron chi connectivity index (χ1n) is 4.17. The van der Waals surface area contributed by atoms with Crippen molar-refractivity contribution in [3.63, 3.8) is 0 Å². The molecule has 0 saturated carbocycles. The molecule has 0 bridgehead atoms. The van der Waals surface area contributed by atoms with E-state index >= 15 is 0 Å². The molecule has 2 heteroatoms. The van der Waals surface area contributed by atoms with Crippen LogP contribution < -0.4 is 0 Å². The maximum Gasteiger partial charge on any atom is 0.0763 e. The molecule has 0 radical (unpaired) electrons. The van der Waals surface area contributed by atoms with Crippen LogP contribution in [0.5, 0.6) is 0 Å². The molecular weight excluding hydrogens is 140 g/mol. The van der Waals surface area contributed by atoms with Crippen LogP contribution in [0.15, 0.2) is 12.2 Å². The molecule has 0 aromatic carbocycles. The molecule has 0 spiro atoms. The van der Waals surface area contributed by atoms with E-state index in [9.17, 15) is 0 Å². The summed E-state index contributed by atoms with van der Waals surface area (Å²) in [4.78, 5) is 0. The summed E-state index contributed by atoms with van der Waals surface area (Å²) in [5.41, 5.74) is 0. The fourth-order valence-electron chi connectivity index (χ4n) is 1.36. The standard InChI is InChI=1S/C9H16O2/c1-7-6-9(4-3-5-10)11-8(7)2/h3-4,7-10H,5-6H2,1-2H3. The highest BCUT2D eigenvalue weighted by molar-refractivity contribution is 4.94. The van der Waals surface area contributed by atoms with E-state index in [2.05, 4.69) is 13.8 Å². The predicted octanol–water partition coefficient (Wildman–Crippen LogP) is 1.35. The van der Waals surface area contributed by atoms with Crippen LogP contribution in [0.3, 0.4) is 0 Å². The van der Waals surface area contributed by atoms with E-state index in [0.29, 0.717) is 12.0 Å². The second kappa shape index (κ2) is 3.88. The first-order chi connectivity index (χ1) is 5.24. The van der Waals surface area contributed by atoms with Gasteiger partial charge in [0.1, 0.15) is 0 Å². The molecule has 1 N–H and O–H groups in total. The molecule has 1 aliphatic rings. The lowest BCUT2D eigenvalue weighted by atomic mass is 10.0. The van der Waals surface area contributed by atoms with Gasteiger partial charge < -0.3 is 9.84 Å². The molecule has 1 aliphatic heterocycles. The lowest BCUT2D eigenvalue weighted by molar-refractivity contribution is 0.0721. The minimum atomic E-state index is 0.114. The normalized spacial score (nSPS) is 38.6. The third-order valence-corrected chi connectivity index (χ3v) is 2.25. The van der Waals surface area contributed by atoms with Crippen molar-refractivity contribution in [2.75, 3.05) is 6.61 Å². The summed E-state index contributed by atoms with van der Waals surface area (Å²) in [6, 6.07) is 0. The van der Waals surface area contributed by atoms with Crippen LogP contribution in [0.25, 0.3) is 0 Å². The fraction of sp³-hybridized carbons (Fsp3) is 0.778. The molecule has 1 heterocycles. The highest BCUT2D eigenvalue weighted by Gasteiger charge is 2.26. The Hall–Kier alpha value is -0.340. The summed E-state index contributed by atoms with van der Waals surface area (Å²) < 4.78 is 5.58. The van der Waals surface area contributed by atoms with Crippen molar-refractivity contribution in [3.05, 3.63) is 12.2 Å². The molecule has 0 aliphatic carbocycles. The third kappa shape index (κ3) is 2.31. The minimum Gasteiger partial charge on any atom is -0.392 e. The van der Waals surface area contributed by atoms with Gasteiger partial charge in [-0.3, -0.25) is 0 Å². The van der Waals surface area contributed by atoms with Crippen molar-refractivity contribution in [1.29, 1.82) is 0 Å². The molecule has 1 rings (SSSR count). The summed E-state index contributed by atoms with van der Waals surface area (Å²) in [5.74, 6) is 0.642. The summed E-state index contributed by atoms with van der Waals surface area (Å²) in [5, 5.41) is 8.52. The van der Waals surface area contributed by atoms with Gasteiger partial charge in [-0.05, 0) is 19.3 Å². The number of rotatable bonds is 2. The third-order valence-electron chi connectivity index (χ3n) is 2.25. The lowest BCUT2D eigenvalue weighted by Gasteiger charge is -2.06. The average Bonchev–Trinajstić information content (AvgIpc) is 2.28. The van der Waals surface area contributed by atoms with E-state index < -0.39 is 0 Å². The number of ether oxygens (including phenoxy) is 1. The van der Waals surface area contributed by atoms with E-state index in [1.165, 1.54) is 0 Å². The zero-order valence-electron chi connectivity index (χ0n) is 7.16. The van der Waals surface area contributed by atoms with Gasteiger partial charge in [-0.2, -0.15) is 0 Å². The number of aliphatic hydroxyl groups is 1. The van der Waals surface area contributed by atoms with Gasteiger partial charge >= 0.3 is 0 Å². The fourth-order valence-corrected chi connectivity index (χ4v) is 1.36. The van der Waals surface area contributed by atoms with Crippen molar-refractivity contribution in [2.24, 2.45) is 5.92 Å². The first-order valence-corrected chi connectivity index (χ1v) is 4.17. The Morgan fingerprint density at radius 1 is 1.55 bits per heavy atom. The van der Waals surface area contributed by atoms with Gasteiger partial charge in [-0.1, -0.05) is 19.1 Å². The van der Waals surface area contributed by atoms with Gasteiger partial charge in [0.05, 0.1) is 18.8 Å². The highest BCUT2D eigenvalue weighted by atomic mass is 16.5. The van der Waals surface area contributed by atoms with Crippen LogP contribution in [-0.2, 0) is 4.74 Å². The van der Waals surface area contributed by atoms with Crippen molar-refractivity contribution in [2.45, 2.75) is 32.5 Å². The molecule has 0 aromatic rings. The van der Waals surface area contributed by atoms with Crippen LogP contribution in [-0.4, -0.2) is 23.9 Å². The van der Waals surface area contributed by atoms with Crippen molar-refractivity contribution in [3.8, 4) is 0 Å². The summed E-state index contributed by atoms with van der Waals surface area (Å²) in [6.45, 7) is 4.40. The number of aliphatic hydroxyl groups excluding tert-OH is 1. The monoisotopic (exact) mass is 156 g/mol. The largest absolute Gasteiger partial charge is 0.392 e. The molecule has 64 valence electrons. The summed E-state index contributed by atoms with van der Waals surface area (Å²) >= 11 is 0. The van der Waals surface area contributed by atoms with Crippen LogP contribution in [0.1, 0.15) is 20.3 Å².